The first kappa shape index (κ1) is 21.1. The summed E-state index contributed by atoms with van der Waals surface area (Å²) in [6.45, 7) is -0.656. The minimum atomic E-state index is -4.59. The number of nitrogens with two attached hydrogens (primary N) is 1. The van der Waals surface area contributed by atoms with Crippen LogP contribution in [-0.2, 0) is 15.7 Å². The molecule has 146 valence electrons. The van der Waals surface area contributed by atoms with Crippen molar-refractivity contribution < 1.29 is 27.5 Å². The van der Waals surface area contributed by atoms with Gasteiger partial charge >= 0.3 is 12.1 Å². The summed E-state index contributed by atoms with van der Waals surface area (Å²) in [5, 5.41) is 11.2. The number of para-hydroxylation sites is 1. The van der Waals surface area contributed by atoms with Crippen molar-refractivity contribution in [3.8, 4) is 6.07 Å². The Morgan fingerprint density at radius 3 is 2.57 bits per heavy atom. The lowest BCUT2D eigenvalue weighted by molar-refractivity contribution is -0.137. The average molecular weight is 409 g/mol. The number of hydrogen-bond donors (Lipinski definition) is 2. The standard InChI is InChI=1S/C18H14F3N3O3S/c19-18(20,21)11-5-6-12(13(23)9-11)17(26)27-10-16(25)24-14-3-1-2-4-15(14)28-8-7-22/h1-6,9H,8,10,23H2,(H,24,25). The normalized spacial score (nSPS) is 10.8. The highest BCUT2D eigenvalue weighted by Gasteiger charge is 2.31. The third-order valence-corrected chi connectivity index (χ3v) is 4.33. The topological polar surface area (TPSA) is 105 Å². The summed E-state index contributed by atoms with van der Waals surface area (Å²) in [5.74, 6) is -1.48. The van der Waals surface area contributed by atoms with Gasteiger partial charge in [0.25, 0.3) is 5.91 Å². The molecule has 0 aliphatic heterocycles. The number of anilines is 2. The number of amides is 1. The largest absolute Gasteiger partial charge is 0.452 e. The highest BCUT2D eigenvalue weighted by atomic mass is 32.2. The predicted molar refractivity (Wildman–Crippen MR) is 97.5 cm³/mol. The fraction of sp³-hybridized carbons (Fsp3) is 0.167. The van der Waals surface area contributed by atoms with Crippen LogP contribution in [0.15, 0.2) is 47.4 Å². The molecule has 0 radical (unpaired) electrons. The molecule has 0 atom stereocenters. The van der Waals surface area contributed by atoms with Gasteiger partial charge in [-0.25, -0.2) is 4.79 Å². The van der Waals surface area contributed by atoms with E-state index >= 15 is 0 Å². The van der Waals surface area contributed by atoms with Gasteiger partial charge in [-0.05, 0) is 30.3 Å². The van der Waals surface area contributed by atoms with E-state index in [0.29, 0.717) is 22.7 Å². The van der Waals surface area contributed by atoms with Crippen molar-refractivity contribution in [1.29, 1.82) is 5.26 Å². The molecule has 1 amide bonds. The number of nitrogen functional groups attached to an aromatic ring is 1. The number of nitriles is 1. The average Bonchev–Trinajstić information content (AvgIpc) is 2.64. The number of nitrogens with zero attached hydrogens (tertiary/aromatic N) is 1. The molecule has 28 heavy (non-hydrogen) atoms. The highest BCUT2D eigenvalue weighted by Crippen LogP contribution is 2.31. The van der Waals surface area contributed by atoms with Crippen molar-refractivity contribution in [2.24, 2.45) is 0 Å². The minimum Gasteiger partial charge on any atom is -0.452 e. The lowest BCUT2D eigenvalue weighted by atomic mass is 10.1. The number of alkyl halides is 3. The van der Waals surface area contributed by atoms with Crippen molar-refractivity contribution >= 4 is 35.0 Å². The maximum absolute atomic E-state index is 12.6. The predicted octanol–water partition coefficient (Wildman–Crippen LogP) is 3.70. The van der Waals surface area contributed by atoms with E-state index in [2.05, 4.69) is 5.32 Å². The summed E-state index contributed by atoms with van der Waals surface area (Å²) >= 11 is 1.22. The molecule has 0 fully saturated rings. The molecule has 2 aromatic rings. The van der Waals surface area contributed by atoms with Crippen LogP contribution in [0.1, 0.15) is 15.9 Å². The quantitative estimate of drug-likeness (QED) is 0.428. The Morgan fingerprint density at radius 2 is 1.93 bits per heavy atom. The molecule has 0 spiro atoms. The van der Waals surface area contributed by atoms with Gasteiger partial charge in [0, 0.05) is 10.6 Å². The van der Waals surface area contributed by atoms with E-state index in [-0.39, 0.29) is 11.3 Å². The molecule has 0 saturated carbocycles. The summed E-state index contributed by atoms with van der Waals surface area (Å²) in [5.41, 5.74) is 4.26. The number of hydrogen-bond acceptors (Lipinski definition) is 6. The lowest BCUT2D eigenvalue weighted by Crippen LogP contribution is -2.21. The summed E-state index contributed by atoms with van der Waals surface area (Å²) in [6.07, 6.45) is -4.59. The second-order valence-corrected chi connectivity index (χ2v) is 6.38. The van der Waals surface area contributed by atoms with Crippen LogP contribution in [0.25, 0.3) is 0 Å². The van der Waals surface area contributed by atoms with Crippen LogP contribution >= 0.6 is 11.8 Å². The van der Waals surface area contributed by atoms with Gasteiger partial charge in [0.1, 0.15) is 0 Å². The zero-order chi connectivity index (χ0) is 20.7. The Hall–Kier alpha value is -3.19. The number of thioether (sulfide) groups is 1. The maximum Gasteiger partial charge on any atom is 0.416 e. The van der Waals surface area contributed by atoms with Crippen molar-refractivity contribution in [2.45, 2.75) is 11.1 Å². The van der Waals surface area contributed by atoms with E-state index in [9.17, 15) is 22.8 Å². The van der Waals surface area contributed by atoms with Crippen molar-refractivity contribution in [3.63, 3.8) is 0 Å². The first-order valence-corrected chi connectivity index (χ1v) is 8.73. The molecule has 0 aromatic heterocycles. The Morgan fingerprint density at radius 1 is 1.21 bits per heavy atom. The molecule has 2 aromatic carbocycles. The second-order valence-electron chi connectivity index (χ2n) is 5.37. The molecule has 0 aliphatic rings. The zero-order valence-electron chi connectivity index (χ0n) is 14.2. The van der Waals surface area contributed by atoms with Crippen LogP contribution < -0.4 is 11.1 Å². The smallest absolute Gasteiger partial charge is 0.416 e. The Balaban J connectivity index is 1.98. The molecule has 0 saturated heterocycles. The lowest BCUT2D eigenvalue weighted by Gasteiger charge is -2.12. The fourth-order valence-corrected chi connectivity index (χ4v) is 2.80. The number of carbonyl (C=O) groups is 2. The molecule has 10 heteroatoms. The van der Waals surface area contributed by atoms with Crippen LogP contribution in [0, 0.1) is 11.3 Å². The molecule has 0 heterocycles. The van der Waals surface area contributed by atoms with E-state index in [0.717, 1.165) is 6.07 Å². The third-order valence-electron chi connectivity index (χ3n) is 3.39. The van der Waals surface area contributed by atoms with Gasteiger partial charge in [-0.1, -0.05) is 12.1 Å². The van der Waals surface area contributed by atoms with Crippen LogP contribution in [0.2, 0.25) is 0 Å². The van der Waals surface area contributed by atoms with Crippen molar-refractivity contribution in [2.75, 3.05) is 23.4 Å². The molecule has 6 nitrogen and oxygen atoms in total. The first-order valence-electron chi connectivity index (χ1n) is 7.75. The zero-order valence-corrected chi connectivity index (χ0v) is 15.1. The molecule has 0 aliphatic carbocycles. The first-order chi connectivity index (χ1) is 13.2. The Labute approximate surface area is 162 Å². The van der Waals surface area contributed by atoms with Crippen LogP contribution in [0.3, 0.4) is 0 Å². The van der Waals surface area contributed by atoms with Gasteiger partial charge in [-0.3, -0.25) is 4.79 Å². The number of ether oxygens (including phenoxy) is 1. The van der Waals surface area contributed by atoms with E-state index < -0.39 is 35.9 Å². The molecular formula is C18H14F3N3O3S. The van der Waals surface area contributed by atoms with Crippen LogP contribution in [-0.4, -0.2) is 24.2 Å². The van der Waals surface area contributed by atoms with E-state index in [4.69, 9.17) is 15.7 Å². The number of halogens is 3. The van der Waals surface area contributed by atoms with E-state index in [1.54, 1.807) is 24.3 Å². The van der Waals surface area contributed by atoms with Gasteiger partial charge in [-0.2, -0.15) is 18.4 Å². The number of benzene rings is 2. The maximum atomic E-state index is 12.6. The van der Waals surface area contributed by atoms with Crippen molar-refractivity contribution in [1.82, 2.24) is 0 Å². The number of esters is 1. The van der Waals surface area contributed by atoms with Gasteiger partial charge in [-0.15, -0.1) is 11.8 Å². The Kier molecular flexibility index (Phi) is 6.89. The molecular weight excluding hydrogens is 395 g/mol. The van der Waals surface area contributed by atoms with Crippen LogP contribution in [0.4, 0.5) is 24.5 Å². The number of rotatable bonds is 6. The SMILES string of the molecule is N#CCSc1ccccc1NC(=O)COC(=O)c1ccc(C(F)(F)F)cc1N. The fourth-order valence-electron chi connectivity index (χ4n) is 2.13. The second kappa shape index (κ2) is 9.14. The summed E-state index contributed by atoms with van der Waals surface area (Å²) in [4.78, 5) is 24.7. The van der Waals surface area contributed by atoms with Gasteiger partial charge < -0.3 is 15.8 Å². The molecule has 2 rings (SSSR count). The molecule has 0 unspecified atom stereocenters. The van der Waals surface area contributed by atoms with Gasteiger partial charge in [0.15, 0.2) is 6.61 Å². The van der Waals surface area contributed by atoms with E-state index in [1.165, 1.54) is 11.8 Å². The van der Waals surface area contributed by atoms with Crippen molar-refractivity contribution in [3.05, 3.63) is 53.6 Å². The minimum absolute atomic E-state index is 0.190. The highest BCUT2D eigenvalue weighted by molar-refractivity contribution is 7.99. The van der Waals surface area contributed by atoms with Crippen LogP contribution in [0.5, 0.6) is 0 Å². The Bertz CT molecular complexity index is 926. The van der Waals surface area contributed by atoms with E-state index in [1.807, 2.05) is 6.07 Å². The van der Waals surface area contributed by atoms with Gasteiger partial charge in [0.05, 0.1) is 28.6 Å². The van der Waals surface area contributed by atoms with Gasteiger partial charge in [0.2, 0.25) is 0 Å². The number of nitrogens with one attached hydrogen (secondary N) is 1. The molecule has 3 N–H and O–H groups in total. The number of carbonyl (C=O) groups excluding carboxylic acids is 2. The summed E-state index contributed by atoms with van der Waals surface area (Å²) in [7, 11) is 0. The molecule has 0 bridgehead atoms. The monoisotopic (exact) mass is 409 g/mol. The third kappa shape index (κ3) is 5.65. The summed E-state index contributed by atoms with van der Waals surface area (Å²) < 4.78 is 42.7. The summed E-state index contributed by atoms with van der Waals surface area (Å²) in [6, 6.07) is 10.9.